The topological polar surface area (TPSA) is 0 Å². The highest BCUT2D eigenvalue weighted by Gasteiger charge is 2.18. The largest absolute Gasteiger partial charge is 0.207 e. The Balaban J connectivity index is 2.52. The van der Waals surface area contributed by atoms with E-state index in [1.807, 2.05) is 26.0 Å². The van der Waals surface area contributed by atoms with E-state index < -0.39 is 5.38 Å². The third-order valence-electron chi connectivity index (χ3n) is 3.05. The van der Waals surface area contributed by atoms with E-state index >= 15 is 0 Å². The second-order valence-electron chi connectivity index (χ2n) is 4.49. The lowest BCUT2D eigenvalue weighted by molar-refractivity contribution is 0.612. The quantitative estimate of drug-likeness (QED) is 0.514. The Morgan fingerprint density at radius 2 is 1.68 bits per heavy atom. The average Bonchev–Trinajstić information content (AvgIpc) is 2.36. The van der Waals surface area contributed by atoms with Gasteiger partial charge in [0.25, 0.3) is 0 Å². The zero-order valence-corrected chi connectivity index (χ0v) is 14.4. The Hall–Kier alpha value is -0.380. The SMILES string of the molecule is Cc1cc(C(Cl)c2cc(Br)ccc2F)c(C)cc1Br. The number of alkyl halides is 1. The van der Waals surface area contributed by atoms with Crippen molar-refractivity contribution in [3.05, 3.63) is 67.3 Å². The van der Waals surface area contributed by atoms with Crippen LogP contribution in [0.5, 0.6) is 0 Å². The molecule has 4 heteroatoms. The minimum absolute atomic E-state index is 0.289. The van der Waals surface area contributed by atoms with Crippen molar-refractivity contribution in [1.29, 1.82) is 0 Å². The summed E-state index contributed by atoms with van der Waals surface area (Å²) in [4.78, 5) is 0. The van der Waals surface area contributed by atoms with E-state index in [0.717, 1.165) is 25.6 Å². The maximum atomic E-state index is 13.9. The second kappa shape index (κ2) is 5.94. The lowest BCUT2D eigenvalue weighted by Crippen LogP contribution is -2.00. The van der Waals surface area contributed by atoms with Gasteiger partial charge in [-0.1, -0.05) is 37.9 Å². The van der Waals surface area contributed by atoms with Crippen LogP contribution in [-0.4, -0.2) is 0 Å². The van der Waals surface area contributed by atoms with Crippen LogP contribution >= 0.6 is 43.5 Å². The van der Waals surface area contributed by atoms with Gasteiger partial charge in [-0.15, -0.1) is 11.6 Å². The molecule has 0 radical (unpaired) electrons. The van der Waals surface area contributed by atoms with Crippen molar-refractivity contribution >= 4 is 43.5 Å². The molecule has 0 aliphatic rings. The number of aryl methyl sites for hydroxylation is 2. The van der Waals surface area contributed by atoms with Crippen molar-refractivity contribution in [2.45, 2.75) is 19.2 Å². The number of halogens is 4. The van der Waals surface area contributed by atoms with E-state index in [-0.39, 0.29) is 5.82 Å². The lowest BCUT2D eigenvalue weighted by Gasteiger charge is -2.16. The third kappa shape index (κ3) is 3.21. The summed E-state index contributed by atoms with van der Waals surface area (Å²) in [5, 5.41) is -0.496. The molecule has 0 spiro atoms. The van der Waals surface area contributed by atoms with Gasteiger partial charge in [0.2, 0.25) is 0 Å². The molecule has 1 unspecified atom stereocenters. The predicted molar refractivity (Wildman–Crippen MR) is 85.4 cm³/mol. The van der Waals surface area contributed by atoms with Crippen LogP contribution < -0.4 is 0 Å². The molecule has 0 nitrogen and oxygen atoms in total. The number of rotatable bonds is 2. The highest BCUT2D eigenvalue weighted by Crippen LogP contribution is 2.36. The molecule has 0 fully saturated rings. The van der Waals surface area contributed by atoms with Gasteiger partial charge in [-0.2, -0.15) is 0 Å². The Kier molecular flexibility index (Phi) is 4.70. The number of benzene rings is 2. The summed E-state index contributed by atoms with van der Waals surface area (Å²) in [6.45, 7) is 3.97. The molecule has 0 aliphatic heterocycles. The molecule has 0 saturated carbocycles. The van der Waals surface area contributed by atoms with Gasteiger partial charge in [-0.3, -0.25) is 0 Å². The fraction of sp³-hybridized carbons (Fsp3) is 0.200. The molecule has 1 atom stereocenters. The molecule has 2 aromatic rings. The van der Waals surface area contributed by atoms with Gasteiger partial charge in [-0.25, -0.2) is 4.39 Å². The van der Waals surface area contributed by atoms with Crippen molar-refractivity contribution in [3.63, 3.8) is 0 Å². The number of hydrogen-bond donors (Lipinski definition) is 0. The van der Waals surface area contributed by atoms with Crippen LogP contribution in [0.2, 0.25) is 0 Å². The molecule has 0 saturated heterocycles. The molecular formula is C15H12Br2ClF. The molecule has 0 aromatic heterocycles. The Morgan fingerprint density at radius 1 is 1.00 bits per heavy atom. The third-order valence-corrected chi connectivity index (χ3v) is 4.87. The minimum Gasteiger partial charge on any atom is -0.207 e. The minimum atomic E-state index is -0.496. The van der Waals surface area contributed by atoms with Gasteiger partial charge < -0.3 is 0 Å². The van der Waals surface area contributed by atoms with Gasteiger partial charge in [-0.05, 0) is 54.8 Å². The van der Waals surface area contributed by atoms with E-state index in [9.17, 15) is 4.39 Å². The first kappa shape index (κ1) is 15.0. The van der Waals surface area contributed by atoms with Gasteiger partial charge in [0.1, 0.15) is 5.82 Å². The Morgan fingerprint density at radius 3 is 2.37 bits per heavy atom. The maximum Gasteiger partial charge on any atom is 0.128 e. The summed E-state index contributed by atoms with van der Waals surface area (Å²) in [5.74, 6) is -0.289. The molecule has 0 N–H and O–H groups in total. The van der Waals surface area contributed by atoms with Crippen LogP contribution in [0.3, 0.4) is 0 Å². The van der Waals surface area contributed by atoms with Gasteiger partial charge in [0.15, 0.2) is 0 Å². The molecule has 0 aliphatic carbocycles. The van der Waals surface area contributed by atoms with Crippen LogP contribution in [0.1, 0.15) is 27.6 Å². The van der Waals surface area contributed by atoms with Gasteiger partial charge >= 0.3 is 0 Å². The van der Waals surface area contributed by atoms with Crippen molar-refractivity contribution in [1.82, 2.24) is 0 Å². The zero-order chi connectivity index (χ0) is 14.2. The monoisotopic (exact) mass is 404 g/mol. The van der Waals surface area contributed by atoms with Crippen LogP contribution in [0.15, 0.2) is 39.3 Å². The summed E-state index contributed by atoms with van der Waals surface area (Å²) < 4.78 is 15.8. The smallest absolute Gasteiger partial charge is 0.128 e. The Labute approximate surface area is 134 Å². The first-order valence-electron chi connectivity index (χ1n) is 5.76. The summed E-state index contributed by atoms with van der Waals surface area (Å²) >= 11 is 13.3. The first-order chi connectivity index (χ1) is 8.90. The second-order valence-corrected chi connectivity index (χ2v) is 6.69. The predicted octanol–water partition coefficient (Wildman–Crippen LogP) is 6.30. The van der Waals surface area contributed by atoms with E-state index in [1.165, 1.54) is 6.07 Å². The molecule has 19 heavy (non-hydrogen) atoms. The van der Waals surface area contributed by atoms with Gasteiger partial charge in [0, 0.05) is 14.5 Å². The summed E-state index contributed by atoms with van der Waals surface area (Å²) in [6, 6.07) is 8.83. The fourth-order valence-corrected chi connectivity index (χ4v) is 3.19. The molecular weight excluding hydrogens is 394 g/mol. The molecule has 2 aromatic carbocycles. The maximum absolute atomic E-state index is 13.9. The van der Waals surface area contributed by atoms with Crippen molar-refractivity contribution < 1.29 is 4.39 Å². The summed E-state index contributed by atoms with van der Waals surface area (Å²) in [6.07, 6.45) is 0. The molecule has 0 bridgehead atoms. The van der Waals surface area contributed by atoms with Crippen LogP contribution in [0.25, 0.3) is 0 Å². The zero-order valence-electron chi connectivity index (χ0n) is 10.5. The standard InChI is InChI=1S/C15H12Br2ClF/c1-8-6-13(17)9(2)5-11(8)15(18)12-7-10(16)3-4-14(12)19/h3-7,15H,1-2H3. The highest BCUT2D eigenvalue weighted by atomic mass is 79.9. The summed E-state index contributed by atoms with van der Waals surface area (Å²) in [5.41, 5.74) is 3.54. The van der Waals surface area contributed by atoms with Crippen LogP contribution in [0, 0.1) is 19.7 Å². The van der Waals surface area contributed by atoms with Crippen molar-refractivity contribution in [2.24, 2.45) is 0 Å². The van der Waals surface area contributed by atoms with E-state index in [2.05, 4.69) is 31.9 Å². The lowest BCUT2D eigenvalue weighted by atomic mass is 9.98. The first-order valence-corrected chi connectivity index (χ1v) is 7.78. The van der Waals surface area contributed by atoms with Crippen LogP contribution in [-0.2, 0) is 0 Å². The van der Waals surface area contributed by atoms with Crippen LogP contribution in [0.4, 0.5) is 4.39 Å². The number of hydrogen-bond acceptors (Lipinski definition) is 0. The summed E-state index contributed by atoms with van der Waals surface area (Å²) in [7, 11) is 0. The molecule has 0 amide bonds. The average molecular weight is 407 g/mol. The molecule has 2 rings (SSSR count). The van der Waals surface area contributed by atoms with E-state index in [4.69, 9.17) is 11.6 Å². The highest BCUT2D eigenvalue weighted by molar-refractivity contribution is 9.10. The Bertz CT molecular complexity index is 626. The van der Waals surface area contributed by atoms with E-state index in [1.54, 1.807) is 12.1 Å². The van der Waals surface area contributed by atoms with Crippen molar-refractivity contribution in [3.8, 4) is 0 Å². The molecule has 0 heterocycles. The normalized spacial score (nSPS) is 12.5. The van der Waals surface area contributed by atoms with E-state index in [0.29, 0.717) is 5.56 Å². The fourth-order valence-electron chi connectivity index (χ4n) is 1.95. The molecule has 100 valence electrons. The van der Waals surface area contributed by atoms with Gasteiger partial charge in [0.05, 0.1) is 5.38 Å². The van der Waals surface area contributed by atoms with Crippen molar-refractivity contribution in [2.75, 3.05) is 0 Å².